The summed E-state index contributed by atoms with van der Waals surface area (Å²) in [5.74, 6) is -0.492. The smallest absolute Gasteiger partial charge is 0.272 e. The lowest BCUT2D eigenvalue weighted by molar-refractivity contribution is 0.0737. The molecule has 1 aliphatic rings. The number of hydrogen-bond acceptors (Lipinski definition) is 3. The largest absolute Gasteiger partial charge is 0.368 e. The SMILES string of the molecule is O=C(c1cc(-c2ccccc2Cl)nn1-c1ccc(F)cc1)N1CCN(c2cccc(Cl)c2)CC1. The fourth-order valence-electron chi connectivity index (χ4n) is 4.12. The van der Waals surface area contributed by atoms with Gasteiger partial charge in [-0.1, -0.05) is 47.5 Å². The molecular formula is C26H21Cl2FN4O. The summed E-state index contributed by atoms with van der Waals surface area (Å²) in [6.07, 6.45) is 0. The highest BCUT2D eigenvalue weighted by Crippen LogP contribution is 2.29. The number of hydrogen-bond donors (Lipinski definition) is 0. The molecule has 1 aliphatic heterocycles. The van der Waals surface area contributed by atoms with Crippen molar-refractivity contribution in [3.05, 3.63) is 100 Å². The first kappa shape index (κ1) is 22.4. The van der Waals surface area contributed by atoms with Crippen LogP contribution in [0.3, 0.4) is 0 Å². The fraction of sp³-hybridized carbons (Fsp3) is 0.154. The highest BCUT2D eigenvalue weighted by molar-refractivity contribution is 6.33. The van der Waals surface area contributed by atoms with Crippen LogP contribution in [0.5, 0.6) is 0 Å². The third kappa shape index (κ3) is 4.52. The predicted octanol–water partition coefficient (Wildman–Crippen LogP) is 5.95. The summed E-state index contributed by atoms with van der Waals surface area (Å²) in [5, 5.41) is 5.89. The highest BCUT2D eigenvalue weighted by atomic mass is 35.5. The molecule has 1 aromatic heterocycles. The van der Waals surface area contributed by atoms with Crippen LogP contribution in [0.1, 0.15) is 10.5 Å². The van der Waals surface area contributed by atoms with Gasteiger partial charge in [0, 0.05) is 42.5 Å². The molecule has 0 saturated carbocycles. The Morgan fingerprint density at radius 2 is 1.56 bits per heavy atom. The highest BCUT2D eigenvalue weighted by Gasteiger charge is 2.27. The summed E-state index contributed by atoms with van der Waals surface area (Å²) in [7, 11) is 0. The van der Waals surface area contributed by atoms with Crippen molar-refractivity contribution < 1.29 is 9.18 Å². The van der Waals surface area contributed by atoms with Gasteiger partial charge in [-0.3, -0.25) is 4.79 Å². The lowest BCUT2D eigenvalue weighted by atomic mass is 10.1. The number of carbonyl (C=O) groups is 1. The number of nitrogens with zero attached hydrogens (tertiary/aromatic N) is 4. The second kappa shape index (κ2) is 9.49. The van der Waals surface area contributed by atoms with Gasteiger partial charge < -0.3 is 9.80 Å². The van der Waals surface area contributed by atoms with E-state index in [1.807, 2.05) is 47.4 Å². The van der Waals surface area contributed by atoms with Crippen LogP contribution in [0.4, 0.5) is 10.1 Å². The Morgan fingerprint density at radius 1 is 0.824 bits per heavy atom. The van der Waals surface area contributed by atoms with Gasteiger partial charge in [0.05, 0.1) is 16.4 Å². The van der Waals surface area contributed by atoms with Gasteiger partial charge in [-0.15, -0.1) is 0 Å². The number of amides is 1. The topological polar surface area (TPSA) is 41.4 Å². The first-order valence-corrected chi connectivity index (χ1v) is 11.7. The molecule has 5 rings (SSSR count). The molecule has 2 heterocycles. The Bertz CT molecular complexity index is 1330. The van der Waals surface area contributed by atoms with Crippen molar-refractivity contribution in [2.45, 2.75) is 0 Å². The molecule has 0 radical (unpaired) electrons. The molecule has 0 N–H and O–H groups in total. The number of rotatable bonds is 4. The quantitative estimate of drug-likeness (QED) is 0.352. The fourth-order valence-corrected chi connectivity index (χ4v) is 4.53. The van der Waals surface area contributed by atoms with Crippen LogP contribution in [-0.4, -0.2) is 46.8 Å². The molecule has 172 valence electrons. The minimum absolute atomic E-state index is 0.138. The zero-order chi connectivity index (χ0) is 23.7. The van der Waals surface area contributed by atoms with E-state index in [0.29, 0.717) is 53.3 Å². The Morgan fingerprint density at radius 3 is 2.26 bits per heavy atom. The number of halogens is 3. The van der Waals surface area contributed by atoms with Crippen LogP contribution in [0, 0.1) is 5.82 Å². The van der Waals surface area contributed by atoms with Crippen LogP contribution in [0.25, 0.3) is 16.9 Å². The van der Waals surface area contributed by atoms with E-state index in [4.69, 9.17) is 23.2 Å². The van der Waals surface area contributed by atoms with E-state index in [1.165, 1.54) is 12.1 Å². The average Bonchev–Trinajstić information content (AvgIpc) is 3.29. The molecule has 5 nitrogen and oxygen atoms in total. The molecule has 0 aliphatic carbocycles. The molecule has 3 aromatic carbocycles. The minimum Gasteiger partial charge on any atom is -0.368 e. The van der Waals surface area contributed by atoms with Crippen molar-refractivity contribution in [3.63, 3.8) is 0 Å². The van der Waals surface area contributed by atoms with Gasteiger partial charge in [-0.2, -0.15) is 5.10 Å². The van der Waals surface area contributed by atoms with Crippen molar-refractivity contribution >= 4 is 34.8 Å². The van der Waals surface area contributed by atoms with Crippen molar-refractivity contribution in [1.29, 1.82) is 0 Å². The maximum atomic E-state index is 13.6. The predicted molar refractivity (Wildman–Crippen MR) is 134 cm³/mol. The maximum Gasteiger partial charge on any atom is 0.272 e. The van der Waals surface area contributed by atoms with E-state index in [-0.39, 0.29) is 11.7 Å². The van der Waals surface area contributed by atoms with E-state index in [9.17, 15) is 9.18 Å². The lowest BCUT2D eigenvalue weighted by Gasteiger charge is -2.36. The Hall–Kier alpha value is -3.35. The summed E-state index contributed by atoms with van der Waals surface area (Å²) in [4.78, 5) is 17.6. The lowest BCUT2D eigenvalue weighted by Crippen LogP contribution is -2.49. The van der Waals surface area contributed by atoms with Gasteiger partial charge in [0.25, 0.3) is 5.91 Å². The van der Waals surface area contributed by atoms with Gasteiger partial charge in [-0.05, 0) is 54.6 Å². The molecule has 1 saturated heterocycles. The number of anilines is 1. The molecule has 4 aromatic rings. The first-order valence-electron chi connectivity index (χ1n) is 10.9. The molecule has 0 spiro atoms. The first-order chi connectivity index (χ1) is 16.5. The van der Waals surface area contributed by atoms with Crippen molar-refractivity contribution in [2.24, 2.45) is 0 Å². The molecule has 34 heavy (non-hydrogen) atoms. The third-order valence-corrected chi connectivity index (χ3v) is 6.45. The summed E-state index contributed by atoms with van der Waals surface area (Å²) >= 11 is 12.5. The van der Waals surface area contributed by atoms with Gasteiger partial charge in [0.15, 0.2) is 0 Å². The Kier molecular flexibility index (Phi) is 6.26. The monoisotopic (exact) mass is 494 g/mol. The number of benzene rings is 3. The second-order valence-electron chi connectivity index (χ2n) is 8.04. The summed E-state index contributed by atoms with van der Waals surface area (Å²) in [6, 6.07) is 22.7. The normalized spacial score (nSPS) is 13.9. The summed E-state index contributed by atoms with van der Waals surface area (Å²) < 4.78 is 15.1. The van der Waals surface area contributed by atoms with Gasteiger partial charge in [-0.25, -0.2) is 9.07 Å². The molecule has 0 unspecified atom stereocenters. The van der Waals surface area contributed by atoms with Crippen molar-refractivity contribution in [2.75, 3.05) is 31.1 Å². The number of piperazine rings is 1. The van der Waals surface area contributed by atoms with Gasteiger partial charge >= 0.3 is 0 Å². The van der Waals surface area contributed by atoms with E-state index < -0.39 is 0 Å². The van der Waals surface area contributed by atoms with E-state index in [2.05, 4.69) is 10.00 Å². The third-order valence-electron chi connectivity index (χ3n) is 5.89. The van der Waals surface area contributed by atoms with Gasteiger partial charge in [0.2, 0.25) is 0 Å². The van der Waals surface area contributed by atoms with E-state index >= 15 is 0 Å². The zero-order valence-electron chi connectivity index (χ0n) is 18.2. The van der Waals surface area contributed by atoms with Crippen LogP contribution < -0.4 is 4.90 Å². The summed E-state index contributed by atoms with van der Waals surface area (Å²) in [5.41, 5.74) is 3.34. The molecular weight excluding hydrogens is 474 g/mol. The van der Waals surface area contributed by atoms with Crippen LogP contribution in [-0.2, 0) is 0 Å². The number of carbonyl (C=O) groups excluding carboxylic acids is 1. The molecule has 0 bridgehead atoms. The second-order valence-corrected chi connectivity index (χ2v) is 8.89. The molecule has 8 heteroatoms. The summed E-state index contributed by atoms with van der Waals surface area (Å²) in [6.45, 7) is 2.49. The van der Waals surface area contributed by atoms with Crippen molar-refractivity contribution in [1.82, 2.24) is 14.7 Å². The van der Waals surface area contributed by atoms with Crippen molar-refractivity contribution in [3.8, 4) is 16.9 Å². The van der Waals surface area contributed by atoms with Gasteiger partial charge in [0.1, 0.15) is 11.5 Å². The Labute approximate surface area is 206 Å². The maximum absolute atomic E-state index is 13.6. The minimum atomic E-state index is -0.354. The molecule has 1 fully saturated rings. The molecule has 0 atom stereocenters. The van der Waals surface area contributed by atoms with E-state index in [1.54, 1.807) is 28.9 Å². The average molecular weight is 495 g/mol. The van der Waals surface area contributed by atoms with Crippen LogP contribution >= 0.6 is 23.2 Å². The molecule has 1 amide bonds. The van der Waals surface area contributed by atoms with Crippen LogP contribution in [0.2, 0.25) is 10.0 Å². The standard InChI is InChI=1S/C26H21Cl2FN4O/c27-18-4-3-5-21(16-18)31-12-14-32(15-13-31)26(34)25-17-24(22-6-1-2-7-23(22)28)30-33(25)20-10-8-19(29)9-11-20/h1-11,16-17H,12-15H2. The number of aromatic nitrogens is 2. The zero-order valence-corrected chi connectivity index (χ0v) is 19.7. The van der Waals surface area contributed by atoms with E-state index in [0.717, 1.165) is 11.3 Å². The Balaban J connectivity index is 1.44. The van der Waals surface area contributed by atoms with Crippen LogP contribution in [0.15, 0.2) is 78.9 Å².